The summed E-state index contributed by atoms with van der Waals surface area (Å²) in [6, 6.07) is 23.1. The molecule has 0 unspecified atom stereocenters. The number of halogens is 1. The van der Waals surface area contributed by atoms with Crippen LogP contribution in [0.4, 0.5) is 10.1 Å². The number of nitrogens with one attached hydrogen (secondary N) is 1. The Hall–Kier alpha value is -3.73. The predicted octanol–water partition coefficient (Wildman–Crippen LogP) is 5.13. The largest absolute Gasteiger partial charge is 0.489 e. The molecular formula is C24H19FN2O2. The summed E-state index contributed by atoms with van der Waals surface area (Å²) in [6.07, 6.45) is 1.95. The van der Waals surface area contributed by atoms with Crippen molar-refractivity contribution in [1.82, 2.24) is 4.98 Å². The van der Waals surface area contributed by atoms with Crippen LogP contribution in [0, 0.1) is 5.82 Å². The highest BCUT2D eigenvalue weighted by Crippen LogP contribution is 2.20. The number of carbonyl (C=O) groups is 1. The summed E-state index contributed by atoms with van der Waals surface area (Å²) in [4.78, 5) is 16.9. The maximum atomic E-state index is 13.3. The SMILES string of the molecule is O=C(Cc1cccc2cccnc12)Nc1cccc(OCc2cccc(F)c2)c1. The molecule has 1 heterocycles. The second-order valence-corrected chi connectivity index (χ2v) is 6.66. The van der Waals surface area contributed by atoms with Gasteiger partial charge in [0.2, 0.25) is 5.91 Å². The zero-order valence-corrected chi connectivity index (χ0v) is 15.6. The summed E-state index contributed by atoms with van der Waals surface area (Å²) in [6.45, 7) is 0.247. The molecule has 0 saturated carbocycles. The van der Waals surface area contributed by atoms with E-state index in [1.165, 1.54) is 12.1 Å². The van der Waals surface area contributed by atoms with Gasteiger partial charge in [0.1, 0.15) is 18.2 Å². The molecule has 0 aliphatic rings. The maximum absolute atomic E-state index is 13.3. The quantitative estimate of drug-likeness (QED) is 0.500. The van der Waals surface area contributed by atoms with Gasteiger partial charge in [0.15, 0.2) is 0 Å². The number of para-hydroxylation sites is 1. The number of nitrogens with zero attached hydrogens (tertiary/aromatic N) is 1. The van der Waals surface area contributed by atoms with Gasteiger partial charge in [-0.15, -0.1) is 0 Å². The van der Waals surface area contributed by atoms with E-state index in [1.54, 1.807) is 42.6 Å². The molecule has 0 atom stereocenters. The lowest BCUT2D eigenvalue weighted by molar-refractivity contribution is -0.115. The standard InChI is InChI=1S/C24H19FN2O2/c25-20-9-1-5-17(13-20)16-29-22-11-3-10-21(15-22)27-23(28)14-19-7-2-6-18-8-4-12-26-24(18)19/h1-13,15H,14,16H2,(H,27,28). The summed E-state index contributed by atoms with van der Waals surface area (Å²) in [5.41, 5.74) is 3.08. The van der Waals surface area contributed by atoms with Crippen molar-refractivity contribution in [1.29, 1.82) is 0 Å². The van der Waals surface area contributed by atoms with E-state index in [9.17, 15) is 9.18 Å². The summed E-state index contributed by atoms with van der Waals surface area (Å²) < 4.78 is 19.0. The maximum Gasteiger partial charge on any atom is 0.228 e. The number of rotatable bonds is 6. The highest BCUT2D eigenvalue weighted by molar-refractivity contribution is 5.95. The lowest BCUT2D eigenvalue weighted by Crippen LogP contribution is -2.14. The fraction of sp³-hybridized carbons (Fsp3) is 0.0833. The summed E-state index contributed by atoms with van der Waals surface area (Å²) in [5.74, 6) is 0.166. The van der Waals surface area contributed by atoms with Gasteiger partial charge in [0.05, 0.1) is 11.9 Å². The van der Waals surface area contributed by atoms with E-state index >= 15 is 0 Å². The molecule has 0 spiro atoms. The molecule has 3 aromatic carbocycles. The molecule has 0 bridgehead atoms. The van der Waals surface area contributed by atoms with Crippen molar-refractivity contribution in [3.63, 3.8) is 0 Å². The third kappa shape index (κ3) is 4.76. The van der Waals surface area contributed by atoms with Gasteiger partial charge in [-0.3, -0.25) is 9.78 Å². The van der Waals surface area contributed by atoms with Gasteiger partial charge in [-0.05, 0) is 41.5 Å². The summed E-state index contributed by atoms with van der Waals surface area (Å²) >= 11 is 0. The van der Waals surface area contributed by atoms with Gasteiger partial charge in [-0.25, -0.2) is 4.39 Å². The number of anilines is 1. The van der Waals surface area contributed by atoms with Crippen molar-refractivity contribution in [2.24, 2.45) is 0 Å². The molecular weight excluding hydrogens is 367 g/mol. The van der Waals surface area contributed by atoms with Crippen LogP contribution in [0.1, 0.15) is 11.1 Å². The van der Waals surface area contributed by atoms with Crippen molar-refractivity contribution in [2.45, 2.75) is 13.0 Å². The smallest absolute Gasteiger partial charge is 0.228 e. The van der Waals surface area contributed by atoms with E-state index in [2.05, 4.69) is 10.3 Å². The van der Waals surface area contributed by atoms with E-state index in [0.29, 0.717) is 11.4 Å². The monoisotopic (exact) mass is 386 g/mol. The Morgan fingerprint density at radius 3 is 2.69 bits per heavy atom. The topological polar surface area (TPSA) is 51.2 Å². The third-order valence-corrected chi connectivity index (χ3v) is 4.48. The van der Waals surface area contributed by atoms with Gasteiger partial charge < -0.3 is 10.1 Å². The first-order valence-electron chi connectivity index (χ1n) is 9.27. The van der Waals surface area contributed by atoms with Crippen LogP contribution in [-0.2, 0) is 17.8 Å². The van der Waals surface area contributed by atoms with Crippen LogP contribution in [0.5, 0.6) is 5.75 Å². The van der Waals surface area contributed by atoms with Crippen LogP contribution in [0.3, 0.4) is 0 Å². The Morgan fingerprint density at radius 1 is 0.966 bits per heavy atom. The number of hydrogen-bond donors (Lipinski definition) is 1. The first-order chi connectivity index (χ1) is 14.2. The number of aromatic nitrogens is 1. The molecule has 0 saturated heterocycles. The summed E-state index contributed by atoms with van der Waals surface area (Å²) in [5, 5.41) is 3.90. The van der Waals surface area contributed by atoms with E-state index in [4.69, 9.17) is 4.74 Å². The molecule has 0 aliphatic heterocycles. The first-order valence-corrected chi connectivity index (χ1v) is 9.27. The fourth-order valence-electron chi connectivity index (χ4n) is 3.15. The fourth-order valence-corrected chi connectivity index (χ4v) is 3.15. The number of hydrogen-bond acceptors (Lipinski definition) is 3. The van der Waals surface area contributed by atoms with Crippen molar-refractivity contribution >= 4 is 22.5 Å². The number of ether oxygens (including phenoxy) is 1. The number of fused-ring (bicyclic) bond motifs is 1. The average molecular weight is 386 g/mol. The van der Waals surface area contributed by atoms with Crippen LogP contribution in [0.15, 0.2) is 85.1 Å². The molecule has 1 N–H and O–H groups in total. The molecule has 29 heavy (non-hydrogen) atoms. The van der Waals surface area contributed by atoms with Gasteiger partial charge in [-0.1, -0.05) is 42.5 Å². The lowest BCUT2D eigenvalue weighted by atomic mass is 10.1. The Balaban J connectivity index is 1.41. The first kappa shape index (κ1) is 18.6. The molecule has 144 valence electrons. The van der Waals surface area contributed by atoms with Gasteiger partial charge >= 0.3 is 0 Å². The highest BCUT2D eigenvalue weighted by Gasteiger charge is 2.09. The van der Waals surface area contributed by atoms with Crippen LogP contribution >= 0.6 is 0 Å². The number of pyridine rings is 1. The van der Waals surface area contributed by atoms with Crippen LogP contribution in [0.25, 0.3) is 10.9 Å². The molecule has 0 aliphatic carbocycles. The zero-order valence-electron chi connectivity index (χ0n) is 15.6. The number of benzene rings is 3. The minimum absolute atomic E-state index is 0.134. The molecule has 4 nitrogen and oxygen atoms in total. The van der Waals surface area contributed by atoms with E-state index in [1.807, 2.05) is 30.3 Å². The van der Waals surface area contributed by atoms with Crippen molar-refractivity contribution in [2.75, 3.05) is 5.32 Å². The van der Waals surface area contributed by atoms with Gasteiger partial charge in [0.25, 0.3) is 0 Å². The van der Waals surface area contributed by atoms with Crippen molar-refractivity contribution < 1.29 is 13.9 Å². The molecule has 0 fully saturated rings. The zero-order chi connectivity index (χ0) is 20.1. The van der Waals surface area contributed by atoms with E-state index < -0.39 is 0 Å². The molecule has 1 amide bonds. The second-order valence-electron chi connectivity index (χ2n) is 6.66. The Kier molecular flexibility index (Phi) is 5.47. The van der Waals surface area contributed by atoms with E-state index in [0.717, 1.165) is 22.0 Å². The lowest BCUT2D eigenvalue weighted by Gasteiger charge is -2.10. The molecule has 5 heteroatoms. The van der Waals surface area contributed by atoms with Crippen LogP contribution in [0.2, 0.25) is 0 Å². The van der Waals surface area contributed by atoms with E-state index in [-0.39, 0.29) is 24.8 Å². The average Bonchev–Trinajstić information content (AvgIpc) is 2.73. The van der Waals surface area contributed by atoms with Gasteiger partial charge in [-0.2, -0.15) is 0 Å². The van der Waals surface area contributed by atoms with Crippen LogP contribution < -0.4 is 10.1 Å². The summed E-state index contributed by atoms with van der Waals surface area (Å²) in [7, 11) is 0. The Labute approximate surface area is 168 Å². The molecule has 0 radical (unpaired) electrons. The molecule has 4 aromatic rings. The van der Waals surface area contributed by atoms with Crippen molar-refractivity contribution in [3.05, 3.63) is 102 Å². The molecule has 1 aromatic heterocycles. The minimum atomic E-state index is -0.296. The number of carbonyl (C=O) groups excluding carboxylic acids is 1. The van der Waals surface area contributed by atoms with Crippen molar-refractivity contribution in [3.8, 4) is 5.75 Å². The van der Waals surface area contributed by atoms with Crippen LogP contribution in [-0.4, -0.2) is 10.9 Å². The molecule has 4 rings (SSSR count). The Bertz CT molecular complexity index is 1150. The second kappa shape index (κ2) is 8.52. The number of amides is 1. The highest BCUT2D eigenvalue weighted by atomic mass is 19.1. The minimum Gasteiger partial charge on any atom is -0.489 e. The third-order valence-electron chi connectivity index (χ3n) is 4.48. The normalized spacial score (nSPS) is 10.7. The van der Waals surface area contributed by atoms with Gasteiger partial charge in [0, 0.05) is 23.3 Å². The Morgan fingerprint density at radius 2 is 1.79 bits per heavy atom. The predicted molar refractivity (Wildman–Crippen MR) is 111 cm³/mol.